The van der Waals surface area contributed by atoms with Gasteiger partial charge in [0.2, 0.25) is 0 Å². The second kappa shape index (κ2) is 5.13. The predicted molar refractivity (Wildman–Crippen MR) is 86.4 cm³/mol. The Bertz CT molecular complexity index is 624. The highest BCUT2D eigenvalue weighted by Gasteiger charge is 2.50. The topological polar surface area (TPSA) is 46.2 Å². The number of hydrogen-bond donors (Lipinski definition) is 2. The summed E-state index contributed by atoms with van der Waals surface area (Å²) in [6, 6.07) is 15.8. The van der Waals surface area contributed by atoms with Crippen molar-refractivity contribution in [2.75, 3.05) is 6.54 Å². The van der Waals surface area contributed by atoms with E-state index in [0.717, 1.165) is 18.4 Å². The molecule has 0 fully saturated rings. The molecule has 3 rings (SSSR count). The van der Waals surface area contributed by atoms with Crippen LogP contribution in [0.5, 0.6) is 0 Å². The summed E-state index contributed by atoms with van der Waals surface area (Å²) in [5.74, 6) is 0. The second-order valence-corrected chi connectivity index (χ2v) is 6.62. The maximum Gasteiger partial charge on any atom is 0.0942 e. The van der Waals surface area contributed by atoms with Crippen LogP contribution in [0.3, 0.4) is 0 Å². The largest absolute Gasteiger partial charge is 0.385 e. The first-order valence-corrected chi connectivity index (χ1v) is 7.62. The Kier molecular flexibility index (Phi) is 3.56. The van der Waals surface area contributed by atoms with Gasteiger partial charge in [-0.3, -0.25) is 0 Å². The Morgan fingerprint density at radius 3 is 2.10 bits per heavy atom. The normalized spacial score (nSPS) is 19.0. The molecule has 0 heterocycles. The van der Waals surface area contributed by atoms with Crippen LogP contribution in [0, 0.1) is 5.41 Å². The third-order valence-electron chi connectivity index (χ3n) is 5.01. The lowest BCUT2D eigenvalue weighted by Crippen LogP contribution is -2.49. The monoisotopic (exact) mass is 301 g/mol. The Labute approximate surface area is 130 Å². The fourth-order valence-corrected chi connectivity index (χ4v) is 3.59. The summed E-state index contributed by atoms with van der Waals surface area (Å²) in [4.78, 5) is 0. The quantitative estimate of drug-likeness (QED) is 0.914. The maximum atomic E-state index is 11.3. The van der Waals surface area contributed by atoms with Crippen LogP contribution in [0.4, 0.5) is 0 Å². The Morgan fingerprint density at radius 1 is 1.10 bits per heavy atom. The lowest BCUT2D eigenvalue weighted by molar-refractivity contribution is -0.0675. The van der Waals surface area contributed by atoms with Crippen molar-refractivity contribution < 1.29 is 5.11 Å². The minimum atomic E-state index is -0.995. The summed E-state index contributed by atoms with van der Waals surface area (Å²) in [5, 5.41) is 11.9. The van der Waals surface area contributed by atoms with Crippen LogP contribution < -0.4 is 5.73 Å². The van der Waals surface area contributed by atoms with Crippen LogP contribution in [0.15, 0.2) is 48.5 Å². The van der Waals surface area contributed by atoms with Gasteiger partial charge in [-0.25, -0.2) is 0 Å². The first-order chi connectivity index (χ1) is 9.98. The van der Waals surface area contributed by atoms with E-state index in [0.29, 0.717) is 11.6 Å². The van der Waals surface area contributed by atoms with Crippen LogP contribution in [0.25, 0.3) is 0 Å². The SMILES string of the molecule is CC(O)(c1ccc(Cl)cc1)C1(CN)Cc2ccccc2C1. The summed E-state index contributed by atoms with van der Waals surface area (Å²) in [7, 11) is 0. The standard InChI is InChI=1S/C18H20ClNO/c1-17(21,15-6-8-16(19)9-7-15)18(12-20)10-13-4-2-3-5-14(13)11-18/h2-9,21H,10-12,20H2,1H3. The molecule has 3 N–H and O–H groups in total. The lowest BCUT2D eigenvalue weighted by atomic mass is 9.67. The molecule has 0 bridgehead atoms. The minimum Gasteiger partial charge on any atom is -0.385 e. The summed E-state index contributed by atoms with van der Waals surface area (Å²) < 4.78 is 0. The zero-order valence-corrected chi connectivity index (χ0v) is 12.9. The van der Waals surface area contributed by atoms with Gasteiger partial charge in [-0.1, -0.05) is 48.0 Å². The van der Waals surface area contributed by atoms with Crippen molar-refractivity contribution in [2.24, 2.45) is 11.1 Å². The van der Waals surface area contributed by atoms with E-state index in [-0.39, 0.29) is 5.41 Å². The molecule has 0 amide bonds. The van der Waals surface area contributed by atoms with Crippen LogP contribution in [0.2, 0.25) is 5.02 Å². The third kappa shape index (κ3) is 2.28. The zero-order valence-electron chi connectivity index (χ0n) is 12.1. The van der Waals surface area contributed by atoms with E-state index in [4.69, 9.17) is 17.3 Å². The van der Waals surface area contributed by atoms with E-state index in [2.05, 4.69) is 12.1 Å². The van der Waals surface area contributed by atoms with E-state index in [1.54, 1.807) is 0 Å². The molecule has 2 aromatic rings. The van der Waals surface area contributed by atoms with Crippen molar-refractivity contribution in [3.63, 3.8) is 0 Å². The van der Waals surface area contributed by atoms with Crippen molar-refractivity contribution in [2.45, 2.75) is 25.4 Å². The maximum absolute atomic E-state index is 11.3. The van der Waals surface area contributed by atoms with Crippen LogP contribution in [0.1, 0.15) is 23.6 Å². The molecule has 0 saturated carbocycles. The molecule has 2 aromatic carbocycles. The third-order valence-corrected chi connectivity index (χ3v) is 5.26. The first kappa shape index (κ1) is 14.6. The molecule has 0 radical (unpaired) electrons. The van der Waals surface area contributed by atoms with Gasteiger partial charge < -0.3 is 10.8 Å². The van der Waals surface area contributed by atoms with Gasteiger partial charge in [-0.2, -0.15) is 0 Å². The highest BCUT2D eigenvalue weighted by atomic mass is 35.5. The first-order valence-electron chi connectivity index (χ1n) is 7.24. The van der Waals surface area contributed by atoms with Gasteiger partial charge in [0.1, 0.15) is 0 Å². The lowest BCUT2D eigenvalue weighted by Gasteiger charge is -2.42. The fraction of sp³-hybridized carbons (Fsp3) is 0.333. The van der Waals surface area contributed by atoms with E-state index in [9.17, 15) is 5.11 Å². The zero-order chi connectivity index (χ0) is 15.1. The second-order valence-electron chi connectivity index (χ2n) is 6.19. The summed E-state index contributed by atoms with van der Waals surface area (Å²) in [6.07, 6.45) is 1.60. The van der Waals surface area contributed by atoms with Crippen LogP contribution in [-0.4, -0.2) is 11.7 Å². The number of nitrogens with two attached hydrogens (primary N) is 1. The number of rotatable bonds is 3. The molecule has 3 heteroatoms. The number of benzene rings is 2. The molecule has 0 aromatic heterocycles. The average Bonchev–Trinajstić information content (AvgIpc) is 2.88. The Hall–Kier alpha value is -1.35. The number of fused-ring (bicyclic) bond motifs is 1. The Morgan fingerprint density at radius 2 is 1.62 bits per heavy atom. The molecule has 110 valence electrons. The van der Waals surface area contributed by atoms with Gasteiger partial charge in [-0.05, 0) is 48.6 Å². The fourth-order valence-electron chi connectivity index (χ4n) is 3.46. The highest BCUT2D eigenvalue weighted by molar-refractivity contribution is 6.30. The van der Waals surface area contributed by atoms with Crippen molar-refractivity contribution in [3.05, 3.63) is 70.2 Å². The molecular formula is C18H20ClNO. The molecule has 0 saturated heterocycles. The number of hydrogen-bond acceptors (Lipinski definition) is 2. The molecule has 2 nitrogen and oxygen atoms in total. The molecule has 1 atom stereocenters. The van der Waals surface area contributed by atoms with Crippen LogP contribution in [-0.2, 0) is 18.4 Å². The van der Waals surface area contributed by atoms with E-state index >= 15 is 0 Å². The number of halogens is 1. The Balaban J connectivity index is 2.02. The van der Waals surface area contributed by atoms with Crippen molar-refractivity contribution in [1.29, 1.82) is 0 Å². The predicted octanol–water partition coefficient (Wildman–Crippen LogP) is 3.29. The van der Waals surface area contributed by atoms with E-state index in [1.807, 2.05) is 43.3 Å². The molecule has 1 aliphatic rings. The van der Waals surface area contributed by atoms with Gasteiger partial charge in [0.15, 0.2) is 0 Å². The molecule has 0 aliphatic heterocycles. The highest BCUT2D eigenvalue weighted by Crippen LogP contribution is 2.48. The van der Waals surface area contributed by atoms with E-state index < -0.39 is 5.60 Å². The minimum absolute atomic E-state index is 0.371. The summed E-state index contributed by atoms with van der Waals surface area (Å²) in [5.41, 5.74) is 8.19. The molecule has 1 aliphatic carbocycles. The summed E-state index contributed by atoms with van der Waals surface area (Å²) >= 11 is 5.96. The van der Waals surface area contributed by atoms with Crippen molar-refractivity contribution in [3.8, 4) is 0 Å². The summed E-state index contributed by atoms with van der Waals surface area (Å²) in [6.45, 7) is 2.31. The van der Waals surface area contributed by atoms with Gasteiger partial charge >= 0.3 is 0 Å². The molecule has 0 spiro atoms. The smallest absolute Gasteiger partial charge is 0.0942 e. The molecule has 21 heavy (non-hydrogen) atoms. The van der Waals surface area contributed by atoms with Crippen LogP contribution >= 0.6 is 11.6 Å². The molecular weight excluding hydrogens is 282 g/mol. The van der Waals surface area contributed by atoms with Gasteiger partial charge in [0.05, 0.1) is 5.60 Å². The van der Waals surface area contributed by atoms with Gasteiger partial charge in [0.25, 0.3) is 0 Å². The number of aliphatic hydroxyl groups is 1. The van der Waals surface area contributed by atoms with E-state index in [1.165, 1.54) is 11.1 Å². The van der Waals surface area contributed by atoms with Crippen molar-refractivity contribution >= 4 is 11.6 Å². The van der Waals surface area contributed by atoms with Gasteiger partial charge in [-0.15, -0.1) is 0 Å². The average molecular weight is 302 g/mol. The van der Waals surface area contributed by atoms with Crippen molar-refractivity contribution in [1.82, 2.24) is 0 Å². The molecule has 1 unspecified atom stereocenters. The van der Waals surface area contributed by atoms with Gasteiger partial charge in [0, 0.05) is 17.0 Å².